The fourth-order valence-corrected chi connectivity index (χ4v) is 1.36. The Morgan fingerprint density at radius 1 is 1.44 bits per heavy atom. The minimum Gasteiger partial charge on any atom is -0.462 e. The number of ether oxygens (including phenoxy) is 1. The third-order valence-corrected chi connectivity index (χ3v) is 2.15. The van der Waals surface area contributed by atoms with Gasteiger partial charge in [0.2, 0.25) is 0 Å². The average molecular weight is 220 g/mol. The van der Waals surface area contributed by atoms with Gasteiger partial charge < -0.3 is 9.53 Å². The lowest BCUT2D eigenvalue weighted by atomic mass is 10.1. The molecule has 0 amide bonds. The third-order valence-electron chi connectivity index (χ3n) is 2.15. The highest BCUT2D eigenvalue weighted by atomic mass is 16.5. The Hall–Kier alpha value is -1.64. The molecule has 0 N–H and O–H groups in total. The SMILES string of the molecule is CCCOC(=O)c1cccc(CCC=O)c1. The fraction of sp³-hybridized carbons (Fsp3) is 0.385. The Bertz CT molecular complexity index is 358. The molecule has 86 valence electrons. The summed E-state index contributed by atoms with van der Waals surface area (Å²) in [5.74, 6) is -0.296. The van der Waals surface area contributed by atoms with Gasteiger partial charge in [0.25, 0.3) is 0 Å². The highest BCUT2D eigenvalue weighted by molar-refractivity contribution is 5.89. The van der Waals surface area contributed by atoms with Crippen molar-refractivity contribution in [1.82, 2.24) is 0 Å². The van der Waals surface area contributed by atoms with E-state index in [0.29, 0.717) is 25.0 Å². The number of rotatable bonds is 6. The van der Waals surface area contributed by atoms with Gasteiger partial charge in [-0.05, 0) is 30.5 Å². The molecule has 1 aromatic rings. The fourth-order valence-electron chi connectivity index (χ4n) is 1.36. The van der Waals surface area contributed by atoms with E-state index in [1.165, 1.54) is 0 Å². The van der Waals surface area contributed by atoms with Gasteiger partial charge in [0, 0.05) is 6.42 Å². The largest absolute Gasteiger partial charge is 0.462 e. The van der Waals surface area contributed by atoms with Crippen LogP contribution in [0.25, 0.3) is 0 Å². The molecule has 0 saturated carbocycles. The van der Waals surface area contributed by atoms with Gasteiger partial charge in [0.15, 0.2) is 0 Å². The third kappa shape index (κ3) is 3.85. The van der Waals surface area contributed by atoms with Crippen molar-refractivity contribution in [3.8, 4) is 0 Å². The summed E-state index contributed by atoms with van der Waals surface area (Å²) in [4.78, 5) is 21.8. The maximum Gasteiger partial charge on any atom is 0.338 e. The van der Waals surface area contributed by atoms with Crippen molar-refractivity contribution in [2.24, 2.45) is 0 Å². The number of aryl methyl sites for hydroxylation is 1. The van der Waals surface area contributed by atoms with Crippen molar-refractivity contribution in [2.45, 2.75) is 26.2 Å². The number of carbonyl (C=O) groups is 2. The second kappa shape index (κ2) is 6.77. The lowest BCUT2D eigenvalue weighted by Crippen LogP contribution is -2.06. The minimum atomic E-state index is -0.296. The molecule has 1 aromatic carbocycles. The van der Waals surface area contributed by atoms with Crippen molar-refractivity contribution in [3.05, 3.63) is 35.4 Å². The van der Waals surface area contributed by atoms with Crippen LogP contribution in [0.15, 0.2) is 24.3 Å². The summed E-state index contributed by atoms with van der Waals surface area (Å²) in [7, 11) is 0. The quantitative estimate of drug-likeness (QED) is 0.546. The predicted molar refractivity (Wildman–Crippen MR) is 61.4 cm³/mol. The summed E-state index contributed by atoms with van der Waals surface area (Å²) in [6, 6.07) is 7.21. The molecule has 0 heterocycles. The summed E-state index contributed by atoms with van der Waals surface area (Å²) >= 11 is 0. The van der Waals surface area contributed by atoms with Gasteiger partial charge >= 0.3 is 5.97 Å². The Labute approximate surface area is 95.4 Å². The van der Waals surface area contributed by atoms with E-state index in [2.05, 4.69) is 0 Å². The van der Waals surface area contributed by atoms with Crippen LogP contribution in [-0.2, 0) is 16.0 Å². The van der Waals surface area contributed by atoms with E-state index in [9.17, 15) is 9.59 Å². The van der Waals surface area contributed by atoms with E-state index < -0.39 is 0 Å². The van der Waals surface area contributed by atoms with Gasteiger partial charge in [-0.1, -0.05) is 19.1 Å². The number of esters is 1. The Balaban J connectivity index is 2.65. The Morgan fingerprint density at radius 3 is 2.94 bits per heavy atom. The van der Waals surface area contributed by atoms with Gasteiger partial charge in [-0.15, -0.1) is 0 Å². The zero-order valence-corrected chi connectivity index (χ0v) is 9.44. The van der Waals surface area contributed by atoms with Crippen LogP contribution in [0.5, 0.6) is 0 Å². The van der Waals surface area contributed by atoms with Crippen LogP contribution in [0.4, 0.5) is 0 Å². The van der Waals surface area contributed by atoms with Gasteiger partial charge in [0.05, 0.1) is 12.2 Å². The van der Waals surface area contributed by atoms with Crippen molar-refractivity contribution in [3.63, 3.8) is 0 Å². The molecule has 0 bridgehead atoms. The topological polar surface area (TPSA) is 43.4 Å². The zero-order valence-electron chi connectivity index (χ0n) is 9.44. The molecule has 3 nitrogen and oxygen atoms in total. The van der Waals surface area contributed by atoms with E-state index in [1.807, 2.05) is 19.1 Å². The number of hydrogen-bond donors (Lipinski definition) is 0. The van der Waals surface area contributed by atoms with Crippen LogP contribution in [0, 0.1) is 0 Å². The van der Waals surface area contributed by atoms with Crippen molar-refractivity contribution in [1.29, 1.82) is 0 Å². The molecule has 0 aliphatic rings. The van der Waals surface area contributed by atoms with Crippen molar-refractivity contribution in [2.75, 3.05) is 6.61 Å². The number of benzene rings is 1. The van der Waals surface area contributed by atoms with Gasteiger partial charge in [-0.2, -0.15) is 0 Å². The molecule has 0 saturated heterocycles. The summed E-state index contributed by atoms with van der Waals surface area (Å²) in [5.41, 5.74) is 1.54. The first kappa shape index (κ1) is 12.4. The van der Waals surface area contributed by atoms with E-state index in [1.54, 1.807) is 12.1 Å². The van der Waals surface area contributed by atoms with Crippen LogP contribution in [0.3, 0.4) is 0 Å². The molecule has 0 unspecified atom stereocenters. The highest BCUT2D eigenvalue weighted by Gasteiger charge is 2.06. The number of hydrogen-bond acceptors (Lipinski definition) is 3. The molecule has 0 atom stereocenters. The van der Waals surface area contributed by atoms with Crippen molar-refractivity contribution >= 4 is 12.3 Å². The number of aldehydes is 1. The summed E-state index contributed by atoms with van der Waals surface area (Å²) in [6.45, 7) is 2.39. The molecule has 0 fully saturated rings. The molecule has 0 aliphatic heterocycles. The molecule has 3 heteroatoms. The van der Waals surface area contributed by atoms with E-state index in [4.69, 9.17) is 4.74 Å². The molecule has 1 rings (SSSR count). The average Bonchev–Trinajstić information content (AvgIpc) is 2.33. The van der Waals surface area contributed by atoms with Gasteiger partial charge in [-0.3, -0.25) is 0 Å². The summed E-state index contributed by atoms with van der Waals surface area (Å²) < 4.78 is 5.03. The standard InChI is InChI=1S/C13H16O3/c1-2-9-16-13(15)12-7-3-5-11(10-12)6-4-8-14/h3,5,7-8,10H,2,4,6,9H2,1H3. The molecule has 0 radical (unpaired) electrons. The second-order valence-corrected chi connectivity index (χ2v) is 3.54. The lowest BCUT2D eigenvalue weighted by Gasteiger charge is -2.04. The second-order valence-electron chi connectivity index (χ2n) is 3.54. The molecular weight excluding hydrogens is 204 g/mol. The highest BCUT2D eigenvalue weighted by Crippen LogP contribution is 2.08. The van der Waals surface area contributed by atoms with Crippen LogP contribution < -0.4 is 0 Å². The van der Waals surface area contributed by atoms with Crippen LogP contribution in [0.2, 0.25) is 0 Å². The Morgan fingerprint density at radius 2 is 2.25 bits per heavy atom. The normalized spacial score (nSPS) is 9.81. The van der Waals surface area contributed by atoms with E-state index in [-0.39, 0.29) is 5.97 Å². The summed E-state index contributed by atoms with van der Waals surface area (Å²) in [5, 5.41) is 0. The smallest absolute Gasteiger partial charge is 0.338 e. The first-order valence-corrected chi connectivity index (χ1v) is 5.47. The first-order valence-electron chi connectivity index (χ1n) is 5.47. The lowest BCUT2D eigenvalue weighted by molar-refractivity contribution is -0.107. The molecule has 0 aromatic heterocycles. The van der Waals surface area contributed by atoms with Crippen molar-refractivity contribution < 1.29 is 14.3 Å². The monoisotopic (exact) mass is 220 g/mol. The number of carbonyl (C=O) groups excluding carboxylic acids is 2. The molecular formula is C13H16O3. The Kier molecular flexibility index (Phi) is 5.26. The first-order chi connectivity index (χ1) is 7.77. The molecule has 0 spiro atoms. The van der Waals surface area contributed by atoms with Crippen LogP contribution in [0.1, 0.15) is 35.7 Å². The maximum absolute atomic E-state index is 11.5. The molecule has 16 heavy (non-hydrogen) atoms. The predicted octanol–water partition coefficient (Wildman–Crippen LogP) is 2.38. The van der Waals surface area contributed by atoms with Crippen LogP contribution in [-0.4, -0.2) is 18.9 Å². The molecule has 0 aliphatic carbocycles. The van der Waals surface area contributed by atoms with Gasteiger partial charge in [-0.25, -0.2) is 4.79 Å². The van der Waals surface area contributed by atoms with E-state index >= 15 is 0 Å². The minimum absolute atomic E-state index is 0.296. The zero-order chi connectivity index (χ0) is 11.8. The van der Waals surface area contributed by atoms with Crippen LogP contribution >= 0.6 is 0 Å². The van der Waals surface area contributed by atoms with Gasteiger partial charge in [0.1, 0.15) is 6.29 Å². The maximum atomic E-state index is 11.5. The summed E-state index contributed by atoms with van der Waals surface area (Å²) in [6.07, 6.45) is 2.84. The van der Waals surface area contributed by atoms with E-state index in [0.717, 1.165) is 18.3 Å².